The number of imide groups is 2. The Morgan fingerprint density at radius 1 is 0.941 bits per heavy atom. The second kappa shape index (κ2) is 4.44. The molecule has 1 aromatic carbocycles. The Hall–Kier alpha value is -2.70. The maximum atomic E-state index is 11.3. The van der Waals surface area contributed by atoms with Crippen molar-refractivity contribution >= 4 is 29.2 Å². The van der Waals surface area contributed by atoms with Gasteiger partial charge < -0.3 is 0 Å². The lowest BCUT2D eigenvalue weighted by Gasteiger charge is -2.12. The van der Waals surface area contributed by atoms with Gasteiger partial charge in [0.2, 0.25) is 5.71 Å². The van der Waals surface area contributed by atoms with Crippen LogP contribution in [0.25, 0.3) is 0 Å². The first-order chi connectivity index (χ1) is 8.16. The third-order valence-electron chi connectivity index (χ3n) is 1.95. The van der Waals surface area contributed by atoms with Crippen LogP contribution >= 0.6 is 0 Å². The zero-order valence-corrected chi connectivity index (χ0v) is 8.56. The summed E-state index contributed by atoms with van der Waals surface area (Å²) in [6.07, 6.45) is 0. The minimum absolute atomic E-state index is 0.395. The first-order valence-corrected chi connectivity index (χ1v) is 4.72. The lowest BCUT2D eigenvalue weighted by Crippen LogP contribution is -2.56. The fraction of sp³-hybridized carbons (Fsp3) is 0. The molecule has 0 aromatic heterocycles. The summed E-state index contributed by atoms with van der Waals surface area (Å²) in [5.74, 6) is -1.66. The monoisotopic (exact) mass is 232 g/mol. The van der Waals surface area contributed by atoms with Crippen molar-refractivity contribution in [3.63, 3.8) is 0 Å². The van der Waals surface area contributed by atoms with Crippen molar-refractivity contribution in [2.75, 3.05) is 5.43 Å². The third kappa shape index (κ3) is 2.46. The van der Waals surface area contributed by atoms with Crippen molar-refractivity contribution in [3.8, 4) is 0 Å². The standard InChI is InChI=1S/C10H8N4O3/c15-8-7(9(16)12-10(17)11-8)14-13-6-4-2-1-3-5-6/h1-5,13H,(H2,11,12,15,16,17). The molecule has 1 aliphatic heterocycles. The molecule has 0 aliphatic carbocycles. The number of hydrazone groups is 1. The number of benzene rings is 1. The van der Waals surface area contributed by atoms with Crippen LogP contribution in [-0.4, -0.2) is 23.6 Å². The summed E-state index contributed by atoms with van der Waals surface area (Å²) < 4.78 is 0. The number of rotatable bonds is 2. The Balaban J connectivity index is 2.14. The zero-order valence-electron chi connectivity index (χ0n) is 8.56. The van der Waals surface area contributed by atoms with E-state index in [4.69, 9.17) is 0 Å². The SMILES string of the molecule is O=C1NC(=O)C(=NNc2ccccc2)C(=O)N1. The number of barbiturate groups is 1. The predicted molar refractivity (Wildman–Crippen MR) is 59.2 cm³/mol. The van der Waals surface area contributed by atoms with Gasteiger partial charge in [-0.25, -0.2) is 4.79 Å². The van der Waals surface area contributed by atoms with Crippen LogP contribution in [0.5, 0.6) is 0 Å². The second-order valence-corrected chi connectivity index (χ2v) is 3.18. The van der Waals surface area contributed by atoms with Crippen molar-refractivity contribution in [1.82, 2.24) is 10.6 Å². The molecule has 1 aromatic rings. The number of carbonyl (C=O) groups is 3. The van der Waals surface area contributed by atoms with E-state index in [0.29, 0.717) is 5.69 Å². The minimum atomic E-state index is -0.848. The molecular formula is C10H8N4O3. The number of amides is 4. The molecular weight excluding hydrogens is 224 g/mol. The van der Waals surface area contributed by atoms with E-state index in [1.807, 2.05) is 16.7 Å². The van der Waals surface area contributed by atoms with Crippen LogP contribution in [0.2, 0.25) is 0 Å². The number of nitrogens with one attached hydrogen (secondary N) is 3. The van der Waals surface area contributed by atoms with Crippen LogP contribution in [0.3, 0.4) is 0 Å². The van der Waals surface area contributed by atoms with Gasteiger partial charge >= 0.3 is 6.03 Å². The molecule has 4 amide bonds. The summed E-state index contributed by atoms with van der Waals surface area (Å²) in [6, 6.07) is 7.94. The topological polar surface area (TPSA) is 99.7 Å². The van der Waals surface area contributed by atoms with Crippen LogP contribution in [0.15, 0.2) is 35.4 Å². The molecule has 0 radical (unpaired) electrons. The van der Waals surface area contributed by atoms with E-state index in [1.165, 1.54) is 0 Å². The molecule has 3 N–H and O–H groups in total. The highest BCUT2D eigenvalue weighted by molar-refractivity contribution is 6.68. The van der Waals surface area contributed by atoms with Gasteiger partial charge in [-0.1, -0.05) is 18.2 Å². The Kier molecular flexibility index (Phi) is 2.82. The number of carbonyl (C=O) groups excluding carboxylic acids is 3. The van der Waals surface area contributed by atoms with Gasteiger partial charge in [0.15, 0.2) is 0 Å². The maximum absolute atomic E-state index is 11.3. The van der Waals surface area contributed by atoms with Gasteiger partial charge in [-0.3, -0.25) is 25.6 Å². The molecule has 0 unspecified atom stereocenters. The molecule has 1 heterocycles. The van der Waals surface area contributed by atoms with E-state index in [1.54, 1.807) is 24.3 Å². The van der Waals surface area contributed by atoms with Crippen molar-refractivity contribution < 1.29 is 14.4 Å². The van der Waals surface area contributed by atoms with Crippen LogP contribution in [0, 0.1) is 0 Å². The molecule has 7 heteroatoms. The lowest BCUT2D eigenvalue weighted by atomic mass is 10.3. The quantitative estimate of drug-likeness (QED) is 0.616. The largest absolute Gasteiger partial charge is 0.328 e. The molecule has 2 rings (SSSR count). The Labute approximate surface area is 95.9 Å². The second-order valence-electron chi connectivity index (χ2n) is 3.18. The summed E-state index contributed by atoms with van der Waals surface area (Å²) in [4.78, 5) is 33.3. The van der Waals surface area contributed by atoms with Gasteiger partial charge in [0, 0.05) is 0 Å². The first-order valence-electron chi connectivity index (χ1n) is 4.72. The van der Waals surface area contributed by atoms with Crippen molar-refractivity contribution in [2.45, 2.75) is 0 Å². The van der Waals surface area contributed by atoms with E-state index in [0.717, 1.165) is 0 Å². The highest BCUT2D eigenvalue weighted by Crippen LogP contribution is 2.04. The Morgan fingerprint density at radius 3 is 2.12 bits per heavy atom. The van der Waals surface area contributed by atoms with E-state index >= 15 is 0 Å². The number of hydrogen-bond donors (Lipinski definition) is 3. The van der Waals surface area contributed by atoms with Crippen molar-refractivity contribution in [3.05, 3.63) is 30.3 Å². The molecule has 1 aliphatic rings. The van der Waals surface area contributed by atoms with E-state index < -0.39 is 23.6 Å². The average Bonchev–Trinajstić information content (AvgIpc) is 2.29. The molecule has 0 atom stereocenters. The van der Waals surface area contributed by atoms with Gasteiger partial charge in [0.25, 0.3) is 11.8 Å². The average molecular weight is 232 g/mol. The predicted octanol–water partition coefficient (Wildman–Crippen LogP) is -0.179. The summed E-state index contributed by atoms with van der Waals surface area (Å²) in [6.45, 7) is 0. The molecule has 1 saturated heterocycles. The van der Waals surface area contributed by atoms with Gasteiger partial charge in [-0.15, -0.1) is 0 Å². The normalized spacial score (nSPS) is 15.1. The van der Waals surface area contributed by atoms with Crippen molar-refractivity contribution in [1.29, 1.82) is 0 Å². The minimum Gasteiger partial charge on any atom is -0.278 e. The first kappa shape index (κ1) is 10.8. The summed E-state index contributed by atoms with van der Waals surface area (Å²) >= 11 is 0. The molecule has 7 nitrogen and oxygen atoms in total. The molecule has 17 heavy (non-hydrogen) atoms. The summed E-state index contributed by atoms with van der Waals surface area (Å²) in [5, 5.41) is 7.47. The van der Waals surface area contributed by atoms with Gasteiger partial charge in [-0.05, 0) is 12.1 Å². The fourth-order valence-corrected chi connectivity index (χ4v) is 1.19. The Bertz CT molecular complexity index is 488. The van der Waals surface area contributed by atoms with Crippen LogP contribution in [0.4, 0.5) is 10.5 Å². The van der Waals surface area contributed by atoms with E-state index in [-0.39, 0.29) is 0 Å². The number of nitrogens with zero attached hydrogens (tertiary/aromatic N) is 1. The smallest absolute Gasteiger partial charge is 0.278 e. The fourth-order valence-electron chi connectivity index (χ4n) is 1.19. The molecule has 86 valence electrons. The molecule has 0 bridgehead atoms. The van der Waals surface area contributed by atoms with Gasteiger partial charge in [0.1, 0.15) is 0 Å². The number of urea groups is 1. The molecule has 1 fully saturated rings. The lowest BCUT2D eigenvalue weighted by molar-refractivity contribution is -0.119. The summed E-state index contributed by atoms with van der Waals surface area (Å²) in [5.41, 5.74) is 2.77. The highest BCUT2D eigenvalue weighted by Gasteiger charge is 2.29. The highest BCUT2D eigenvalue weighted by atomic mass is 16.2. The van der Waals surface area contributed by atoms with Gasteiger partial charge in [0.05, 0.1) is 5.69 Å². The summed E-state index contributed by atoms with van der Waals surface area (Å²) in [7, 11) is 0. The Morgan fingerprint density at radius 2 is 1.53 bits per heavy atom. The number of hydrogen-bond acceptors (Lipinski definition) is 5. The van der Waals surface area contributed by atoms with E-state index in [2.05, 4.69) is 10.5 Å². The van der Waals surface area contributed by atoms with Crippen LogP contribution < -0.4 is 16.1 Å². The third-order valence-corrected chi connectivity index (χ3v) is 1.95. The van der Waals surface area contributed by atoms with Crippen molar-refractivity contribution in [2.24, 2.45) is 5.10 Å². The van der Waals surface area contributed by atoms with E-state index in [9.17, 15) is 14.4 Å². The molecule has 0 saturated carbocycles. The van der Waals surface area contributed by atoms with Gasteiger partial charge in [-0.2, -0.15) is 5.10 Å². The maximum Gasteiger partial charge on any atom is 0.328 e. The zero-order chi connectivity index (χ0) is 12.3. The number of anilines is 1. The van der Waals surface area contributed by atoms with Crippen LogP contribution in [-0.2, 0) is 9.59 Å². The number of para-hydroxylation sites is 1. The molecule has 0 spiro atoms. The van der Waals surface area contributed by atoms with Crippen LogP contribution in [0.1, 0.15) is 0 Å².